The summed E-state index contributed by atoms with van der Waals surface area (Å²) in [4.78, 5) is 0. The second kappa shape index (κ2) is 4.78. The van der Waals surface area contributed by atoms with Gasteiger partial charge in [0.05, 0.1) is 11.9 Å². The first-order valence-corrected chi connectivity index (χ1v) is 7.99. The molecule has 0 fully saturated rings. The van der Waals surface area contributed by atoms with Crippen molar-refractivity contribution >= 4 is 9.84 Å². The first-order chi connectivity index (χ1) is 7.96. The van der Waals surface area contributed by atoms with Gasteiger partial charge in [-0.1, -0.05) is 18.2 Å². The molecule has 17 heavy (non-hydrogen) atoms. The lowest BCUT2D eigenvalue weighted by Crippen LogP contribution is -2.08. The third-order valence-corrected chi connectivity index (χ3v) is 4.25. The van der Waals surface area contributed by atoms with E-state index < -0.39 is 15.9 Å². The Morgan fingerprint density at radius 2 is 2.00 bits per heavy atom. The second-order valence-electron chi connectivity index (χ2n) is 4.82. The van der Waals surface area contributed by atoms with Gasteiger partial charge in [0.1, 0.15) is 9.84 Å². The predicted octanol–water partition coefficient (Wildman–Crippen LogP) is 1.64. The molecule has 94 valence electrons. The fourth-order valence-electron chi connectivity index (χ4n) is 2.29. The SMILES string of the molecule is CS(=O)(=O)CCC(O)c1ccc2c(c1)CCC2. The molecule has 2 rings (SSSR count). The number of benzene rings is 1. The van der Waals surface area contributed by atoms with Crippen LogP contribution in [0.25, 0.3) is 0 Å². The van der Waals surface area contributed by atoms with Gasteiger partial charge in [-0.05, 0) is 42.4 Å². The van der Waals surface area contributed by atoms with Gasteiger partial charge in [-0.25, -0.2) is 8.42 Å². The Kier molecular flexibility index (Phi) is 3.54. The Hall–Kier alpha value is -0.870. The lowest BCUT2D eigenvalue weighted by molar-refractivity contribution is 0.174. The summed E-state index contributed by atoms with van der Waals surface area (Å²) in [6, 6.07) is 5.99. The molecule has 1 N–H and O–H groups in total. The normalized spacial score (nSPS) is 16.8. The van der Waals surface area contributed by atoms with Crippen molar-refractivity contribution in [3.8, 4) is 0 Å². The fraction of sp³-hybridized carbons (Fsp3) is 0.538. The minimum atomic E-state index is -3.00. The molecular formula is C13H18O3S. The lowest BCUT2D eigenvalue weighted by atomic mass is 10.0. The topological polar surface area (TPSA) is 54.4 Å². The number of aryl methyl sites for hydroxylation is 2. The number of aliphatic hydroxyl groups is 1. The van der Waals surface area contributed by atoms with E-state index in [4.69, 9.17) is 0 Å². The molecule has 0 radical (unpaired) electrons. The summed E-state index contributed by atoms with van der Waals surface area (Å²) < 4.78 is 22.1. The number of hydrogen-bond acceptors (Lipinski definition) is 3. The third kappa shape index (κ3) is 3.30. The van der Waals surface area contributed by atoms with Crippen LogP contribution in [0.2, 0.25) is 0 Å². The molecule has 0 saturated heterocycles. The maximum absolute atomic E-state index is 11.0. The molecule has 0 aromatic heterocycles. The van der Waals surface area contributed by atoms with Gasteiger partial charge in [-0.2, -0.15) is 0 Å². The standard InChI is InChI=1S/C13H18O3S/c1-17(15,16)8-7-13(14)12-6-5-10-3-2-4-11(10)9-12/h5-6,9,13-14H,2-4,7-8H2,1H3. The quantitative estimate of drug-likeness (QED) is 0.888. The van der Waals surface area contributed by atoms with E-state index in [1.807, 2.05) is 12.1 Å². The minimum Gasteiger partial charge on any atom is -0.388 e. The summed E-state index contributed by atoms with van der Waals surface area (Å²) in [5, 5.41) is 9.95. The maximum atomic E-state index is 11.0. The van der Waals surface area contributed by atoms with E-state index in [9.17, 15) is 13.5 Å². The van der Waals surface area contributed by atoms with Gasteiger partial charge < -0.3 is 5.11 Å². The van der Waals surface area contributed by atoms with E-state index in [2.05, 4.69) is 6.07 Å². The number of fused-ring (bicyclic) bond motifs is 1. The summed E-state index contributed by atoms with van der Waals surface area (Å²) in [6.45, 7) is 0. The zero-order valence-electron chi connectivity index (χ0n) is 10.0. The molecular weight excluding hydrogens is 236 g/mol. The van der Waals surface area contributed by atoms with Crippen molar-refractivity contribution in [3.05, 3.63) is 34.9 Å². The van der Waals surface area contributed by atoms with Crippen molar-refractivity contribution in [2.45, 2.75) is 31.8 Å². The molecule has 0 aliphatic heterocycles. The van der Waals surface area contributed by atoms with Gasteiger partial charge >= 0.3 is 0 Å². The monoisotopic (exact) mass is 254 g/mol. The number of hydrogen-bond donors (Lipinski definition) is 1. The molecule has 0 heterocycles. The number of aliphatic hydroxyl groups excluding tert-OH is 1. The highest BCUT2D eigenvalue weighted by atomic mass is 32.2. The molecule has 1 aliphatic carbocycles. The Morgan fingerprint density at radius 3 is 2.71 bits per heavy atom. The van der Waals surface area contributed by atoms with Crippen LogP contribution in [0.1, 0.15) is 35.6 Å². The smallest absolute Gasteiger partial charge is 0.147 e. The molecule has 0 spiro atoms. The zero-order chi connectivity index (χ0) is 12.5. The van der Waals surface area contributed by atoms with Crippen LogP contribution in [0.3, 0.4) is 0 Å². The number of rotatable bonds is 4. The van der Waals surface area contributed by atoms with Gasteiger partial charge in [0.25, 0.3) is 0 Å². The molecule has 0 saturated carbocycles. The van der Waals surface area contributed by atoms with Gasteiger partial charge in [0.2, 0.25) is 0 Å². The van der Waals surface area contributed by atoms with Crippen molar-refractivity contribution in [2.24, 2.45) is 0 Å². The largest absolute Gasteiger partial charge is 0.388 e. The second-order valence-corrected chi connectivity index (χ2v) is 7.08. The molecule has 0 amide bonds. The van der Waals surface area contributed by atoms with E-state index in [0.717, 1.165) is 18.4 Å². The van der Waals surface area contributed by atoms with E-state index in [0.29, 0.717) is 0 Å². The van der Waals surface area contributed by atoms with Crippen LogP contribution < -0.4 is 0 Å². The van der Waals surface area contributed by atoms with Crippen LogP contribution in [0.15, 0.2) is 18.2 Å². The zero-order valence-corrected chi connectivity index (χ0v) is 10.8. The van der Waals surface area contributed by atoms with Crippen molar-refractivity contribution < 1.29 is 13.5 Å². The van der Waals surface area contributed by atoms with Gasteiger partial charge in [0.15, 0.2) is 0 Å². The summed E-state index contributed by atoms with van der Waals surface area (Å²) in [5.74, 6) is 0.0330. The molecule has 4 heteroatoms. The fourth-order valence-corrected chi connectivity index (χ4v) is 2.94. The average Bonchev–Trinajstić information content (AvgIpc) is 2.71. The van der Waals surface area contributed by atoms with E-state index in [1.54, 1.807) is 0 Å². The van der Waals surface area contributed by atoms with Crippen LogP contribution in [-0.2, 0) is 22.7 Å². The van der Waals surface area contributed by atoms with E-state index in [1.165, 1.54) is 23.8 Å². The van der Waals surface area contributed by atoms with Crippen molar-refractivity contribution in [3.63, 3.8) is 0 Å². The molecule has 1 aromatic carbocycles. The first kappa shape index (κ1) is 12.6. The highest BCUT2D eigenvalue weighted by molar-refractivity contribution is 7.90. The summed E-state index contributed by atoms with van der Waals surface area (Å²) in [7, 11) is -3.00. The van der Waals surface area contributed by atoms with Crippen LogP contribution in [-0.4, -0.2) is 25.5 Å². The van der Waals surface area contributed by atoms with Crippen molar-refractivity contribution in [1.82, 2.24) is 0 Å². The molecule has 3 nitrogen and oxygen atoms in total. The summed E-state index contributed by atoms with van der Waals surface area (Å²) in [5.41, 5.74) is 3.51. The highest BCUT2D eigenvalue weighted by Crippen LogP contribution is 2.26. The molecule has 1 atom stereocenters. The molecule has 1 unspecified atom stereocenters. The first-order valence-electron chi connectivity index (χ1n) is 5.93. The maximum Gasteiger partial charge on any atom is 0.147 e. The average molecular weight is 254 g/mol. The van der Waals surface area contributed by atoms with Crippen LogP contribution in [0.5, 0.6) is 0 Å². The third-order valence-electron chi connectivity index (χ3n) is 3.27. The Bertz CT molecular complexity index is 505. The minimum absolute atomic E-state index is 0.0330. The Balaban J connectivity index is 2.07. The Labute approximate surface area is 102 Å². The van der Waals surface area contributed by atoms with Crippen molar-refractivity contribution in [2.75, 3.05) is 12.0 Å². The van der Waals surface area contributed by atoms with Crippen LogP contribution in [0, 0.1) is 0 Å². The molecule has 1 aliphatic rings. The summed E-state index contributed by atoms with van der Waals surface area (Å²) >= 11 is 0. The van der Waals surface area contributed by atoms with E-state index in [-0.39, 0.29) is 12.2 Å². The Morgan fingerprint density at radius 1 is 1.29 bits per heavy atom. The van der Waals surface area contributed by atoms with Gasteiger partial charge in [0, 0.05) is 6.26 Å². The highest BCUT2D eigenvalue weighted by Gasteiger charge is 2.15. The van der Waals surface area contributed by atoms with Crippen LogP contribution in [0.4, 0.5) is 0 Å². The van der Waals surface area contributed by atoms with Crippen molar-refractivity contribution in [1.29, 1.82) is 0 Å². The van der Waals surface area contributed by atoms with Crippen LogP contribution >= 0.6 is 0 Å². The summed E-state index contributed by atoms with van der Waals surface area (Å²) in [6.07, 6.45) is 4.17. The van der Waals surface area contributed by atoms with Gasteiger partial charge in [-0.15, -0.1) is 0 Å². The molecule has 1 aromatic rings. The number of sulfone groups is 1. The lowest BCUT2D eigenvalue weighted by Gasteiger charge is -2.12. The predicted molar refractivity (Wildman–Crippen MR) is 67.8 cm³/mol. The van der Waals surface area contributed by atoms with E-state index >= 15 is 0 Å². The van der Waals surface area contributed by atoms with Gasteiger partial charge in [-0.3, -0.25) is 0 Å². The molecule has 0 bridgehead atoms.